The van der Waals surface area contributed by atoms with Gasteiger partial charge in [0.05, 0.1) is 6.54 Å². The SMILES string of the molecule is CCCCCCCC/C=C\CCCCCCCC(=O)OCC(OC(=O)CCCCCCC/C=C\CCCCCCCC)C(=O)NCCN=Cc1ccc(C(=O)CCCC)cc1. The molecule has 1 aromatic rings. The second-order valence-corrected chi connectivity index (χ2v) is 16.8. The monoisotopic (exact) mass is 849 g/mol. The van der Waals surface area contributed by atoms with Gasteiger partial charge in [-0.25, -0.2) is 0 Å². The van der Waals surface area contributed by atoms with Gasteiger partial charge in [-0.3, -0.25) is 24.2 Å². The highest BCUT2D eigenvalue weighted by atomic mass is 16.6. The van der Waals surface area contributed by atoms with Crippen LogP contribution in [0.25, 0.3) is 0 Å². The molecule has 0 aromatic heterocycles. The number of unbranched alkanes of at least 4 members (excludes halogenated alkanes) is 23. The second-order valence-electron chi connectivity index (χ2n) is 16.8. The van der Waals surface area contributed by atoms with E-state index < -0.39 is 18.0 Å². The van der Waals surface area contributed by atoms with Gasteiger partial charge >= 0.3 is 11.9 Å². The molecule has 8 nitrogen and oxygen atoms in total. The first-order valence-electron chi connectivity index (χ1n) is 25.0. The van der Waals surface area contributed by atoms with E-state index in [-0.39, 0.29) is 37.7 Å². The van der Waals surface area contributed by atoms with Crippen LogP contribution in [0.1, 0.15) is 236 Å². The normalized spacial score (nSPS) is 12.1. The Kier molecular flexibility index (Phi) is 38.0. The number of amides is 1. The number of Topliss-reactive ketones (excluding diaryl/α,β-unsaturated/α-hetero) is 1. The molecule has 1 aromatic carbocycles. The molecule has 346 valence electrons. The number of nitrogens with zero attached hydrogens (tertiary/aromatic N) is 1. The molecule has 1 atom stereocenters. The van der Waals surface area contributed by atoms with E-state index in [4.69, 9.17) is 9.47 Å². The zero-order valence-corrected chi connectivity index (χ0v) is 39.2. The summed E-state index contributed by atoms with van der Waals surface area (Å²) in [7, 11) is 0. The van der Waals surface area contributed by atoms with E-state index >= 15 is 0 Å². The van der Waals surface area contributed by atoms with Crippen molar-refractivity contribution in [2.75, 3.05) is 19.7 Å². The Bertz CT molecular complexity index is 1320. The van der Waals surface area contributed by atoms with Crippen molar-refractivity contribution >= 4 is 29.8 Å². The lowest BCUT2D eigenvalue weighted by atomic mass is 10.0. The van der Waals surface area contributed by atoms with E-state index in [9.17, 15) is 19.2 Å². The number of hydrogen-bond donors (Lipinski definition) is 1. The van der Waals surface area contributed by atoms with Crippen molar-refractivity contribution < 1.29 is 28.7 Å². The number of carbonyl (C=O) groups is 4. The van der Waals surface area contributed by atoms with Crippen LogP contribution in [-0.2, 0) is 23.9 Å². The molecule has 0 spiro atoms. The van der Waals surface area contributed by atoms with Crippen LogP contribution in [-0.4, -0.2) is 55.6 Å². The average Bonchev–Trinajstić information content (AvgIpc) is 3.26. The van der Waals surface area contributed by atoms with Gasteiger partial charge in [0.1, 0.15) is 6.61 Å². The van der Waals surface area contributed by atoms with Gasteiger partial charge in [0.15, 0.2) is 5.78 Å². The van der Waals surface area contributed by atoms with Gasteiger partial charge in [0.25, 0.3) is 5.91 Å². The summed E-state index contributed by atoms with van der Waals surface area (Å²) in [5.41, 5.74) is 1.56. The maximum atomic E-state index is 13.1. The number of rotatable bonds is 42. The number of ether oxygens (including phenoxy) is 2. The molecule has 1 rings (SSSR count). The Morgan fingerprint density at radius 2 is 0.984 bits per heavy atom. The Labute approximate surface area is 373 Å². The highest BCUT2D eigenvalue weighted by Gasteiger charge is 2.24. The van der Waals surface area contributed by atoms with Crippen LogP contribution in [0.15, 0.2) is 53.6 Å². The highest BCUT2D eigenvalue weighted by molar-refractivity contribution is 5.96. The summed E-state index contributed by atoms with van der Waals surface area (Å²) in [4.78, 5) is 55.2. The van der Waals surface area contributed by atoms with E-state index in [1.807, 2.05) is 24.3 Å². The van der Waals surface area contributed by atoms with Crippen molar-refractivity contribution in [2.24, 2.45) is 4.99 Å². The predicted molar refractivity (Wildman–Crippen MR) is 256 cm³/mol. The summed E-state index contributed by atoms with van der Waals surface area (Å²) in [6, 6.07) is 7.35. The van der Waals surface area contributed by atoms with Crippen molar-refractivity contribution in [1.82, 2.24) is 5.32 Å². The molecule has 0 heterocycles. The number of allylic oxidation sites excluding steroid dienone is 4. The van der Waals surface area contributed by atoms with E-state index in [1.54, 1.807) is 6.21 Å². The topological polar surface area (TPSA) is 111 Å². The van der Waals surface area contributed by atoms with Crippen molar-refractivity contribution in [2.45, 2.75) is 226 Å². The minimum atomic E-state index is -1.21. The smallest absolute Gasteiger partial charge is 0.306 e. The standard InChI is InChI=1S/C53H88N2O6/c1-4-7-10-12-14-16-18-20-22-24-26-28-30-32-34-37-51(57)60-46-50(53(59)55-44-43-54-45-47-39-41-48(42-40-47)49(56)36-9-6-3)61-52(58)38-35-33-31-29-27-25-23-21-19-17-15-13-11-8-5-2/h20-23,39-42,45,50H,4-19,24-38,43-44,46H2,1-3H3,(H,55,59)/b22-20-,23-21-,54-45?. The number of hydrogen-bond acceptors (Lipinski definition) is 7. The van der Waals surface area contributed by atoms with Gasteiger partial charge < -0.3 is 14.8 Å². The quantitative estimate of drug-likeness (QED) is 0.0231. The molecule has 0 aliphatic carbocycles. The van der Waals surface area contributed by atoms with Gasteiger partial charge in [-0.2, -0.15) is 0 Å². The summed E-state index contributed by atoms with van der Waals surface area (Å²) in [5, 5.41) is 2.79. The Morgan fingerprint density at radius 3 is 1.48 bits per heavy atom. The molecule has 1 N–H and O–H groups in total. The molecule has 1 amide bonds. The molecule has 0 radical (unpaired) electrons. The molecule has 0 aliphatic heterocycles. The lowest BCUT2D eigenvalue weighted by molar-refractivity contribution is -0.164. The zero-order chi connectivity index (χ0) is 44.3. The van der Waals surface area contributed by atoms with Crippen LogP contribution < -0.4 is 5.32 Å². The summed E-state index contributed by atoms with van der Waals surface area (Å²) in [6.07, 6.45) is 43.2. The van der Waals surface area contributed by atoms with Gasteiger partial charge in [0, 0.05) is 37.6 Å². The Hall–Kier alpha value is -3.55. The highest BCUT2D eigenvalue weighted by Crippen LogP contribution is 2.14. The number of esters is 2. The third kappa shape index (κ3) is 34.7. The summed E-state index contributed by atoms with van der Waals surface area (Å²) in [6.45, 7) is 6.81. The molecule has 8 heteroatoms. The first-order chi connectivity index (χ1) is 29.9. The van der Waals surface area contributed by atoms with Crippen LogP contribution >= 0.6 is 0 Å². The van der Waals surface area contributed by atoms with E-state index in [1.165, 1.54) is 89.9 Å². The number of carbonyl (C=O) groups excluding carboxylic acids is 4. The van der Waals surface area contributed by atoms with Gasteiger partial charge in [-0.1, -0.05) is 178 Å². The first-order valence-corrected chi connectivity index (χ1v) is 25.0. The number of benzene rings is 1. The maximum absolute atomic E-state index is 13.1. The zero-order valence-electron chi connectivity index (χ0n) is 39.2. The molecule has 1 unspecified atom stereocenters. The molecule has 0 saturated heterocycles. The number of nitrogens with one attached hydrogen (secondary N) is 1. The molecular weight excluding hydrogens is 761 g/mol. The van der Waals surface area contributed by atoms with Crippen molar-refractivity contribution in [3.8, 4) is 0 Å². The maximum Gasteiger partial charge on any atom is 0.306 e. The van der Waals surface area contributed by atoms with Crippen LogP contribution in [0.3, 0.4) is 0 Å². The molecule has 0 fully saturated rings. The molecule has 0 bridgehead atoms. The first kappa shape index (κ1) is 55.5. The minimum absolute atomic E-state index is 0.143. The molecular formula is C53H88N2O6. The third-order valence-electron chi connectivity index (χ3n) is 11.0. The number of ketones is 1. The molecule has 0 saturated carbocycles. The fourth-order valence-corrected chi connectivity index (χ4v) is 7.07. The Balaban J connectivity index is 2.43. The largest absolute Gasteiger partial charge is 0.461 e. The van der Waals surface area contributed by atoms with E-state index in [0.29, 0.717) is 24.9 Å². The second kappa shape index (κ2) is 41.8. The van der Waals surface area contributed by atoms with Gasteiger partial charge in [-0.15, -0.1) is 0 Å². The molecule has 0 aliphatic rings. The Morgan fingerprint density at radius 1 is 0.541 bits per heavy atom. The van der Waals surface area contributed by atoms with Crippen LogP contribution in [0, 0.1) is 0 Å². The summed E-state index contributed by atoms with van der Waals surface area (Å²) in [5.74, 6) is -1.20. The minimum Gasteiger partial charge on any atom is -0.461 e. The van der Waals surface area contributed by atoms with Crippen molar-refractivity contribution in [1.29, 1.82) is 0 Å². The van der Waals surface area contributed by atoms with Crippen molar-refractivity contribution in [3.05, 3.63) is 59.7 Å². The average molecular weight is 849 g/mol. The third-order valence-corrected chi connectivity index (χ3v) is 11.0. The lowest BCUT2D eigenvalue weighted by Crippen LogP contribution is -2.42. The summed E-state index contributed by atoms with van der Waals surface area (Å²) >= 11 is 0. The van der Waals surface area contributed by atoms with Crippen molar-refractivity contribution in [3.63, 3.8) is 0 Å². The molecule has 61 heavy (non-hydrogen) atoms. The van der Waals surface area contributed by atoms with Crippen LogP contribution in [0.5, 0.6) is 0 Å². The predicted octanol–water partition coefficient (Wildman–Crippen LogP) is 14.1. The fourth-order valence-electron chi connectivity index (χ4n) is 7.07. The summed E-state index contributed by atoms with van der Waals surface area (Å²) < 4.78 is 11.0. The van der Waals surface area contributed by atoms with Crippen LogP contribution in [0.4, 0.5) is 0 Å². The lowest BCUT2D eigenvalue weighted by Gasteiger charge is -2.17. The number of aliphatic imine (C=N–C) groups is 1. The van der Waals surface area contributed by atoms with E-state index in [2.05, 4.69) is 55.4 Å². The van der Waals surface area contributed by atoms with Crippen LogP contribution in [0.2, 0.25) is 0 Å². The van der Waals surface area contributed by atoms with Gasteiger partial charge in [0.2, 0.25) is 6.10 Å². The van der Waals surface area contributed by atoms with E-state index in [0.717, 1.165) is 89.0 Å². The van der Waals surface area contributed by atoms with Gasteiger partial charge in [-0.05, 0) is 76.2 Å². The fraction of sp³-hybridized carbons (Fsp3) is 0.717.